The first-order valence-electron chi connectivity index (χ1n) is 5.74. The Kier molecular flexibility index (Phi) is 6.42. The van der Waals surface area contributed by atoms with E-state index in [0.29, 0.717) is 18.8 Å². The summed E-state index contributed by atoms with van der Waals surface area (Å²) in [4.78, 5) is 19.2. The summed E-state index contributed by atoms with van der Waals surface area (Å²) in [7, 11) is 1.37. The van der Waals surface area contributed by atoms with Crippen molar-refractivity contribution in [2.24, 2.45) is 0 Å². The molecule has 0 fully saturated rings. The number of hydrogen-bond acceptors (Lipinski definition) is 6. The number of methoxy groups -OCH3 is 1. The Labute approximate surface area is 115 Å². The third-order valence-electron chi connectivity index (χ3n) is 2.18. The van der Waals surface area contributed by atoms with Gasteiger partial charge in [-0.05, 0) is 22.4 Å². The zero-order valence-corrected chi connectivity index (χ0v) is 12.1. The van der Waals surface area contributed by atoms with Gasteiger partial charge in [0.25, 0.3) is 0 Å². The summed E-state index contributed by atoms with van der Waals surface area (Å²) >= 11 is 3.43. The molecule has 0 bridgehead atoms. The maximum atomic E-state index is 11.0. The van der Waals surface area contributed by atoms with Gasteiger partial charge in [-0.25, -0.2) is 9.97 Å². The summed E-state index contributed by atoms with van der Waals surface area (Å²) < 4.78 is 5.33. The van der Waals surface area contributed by atoms with Gasteiger partial charge in [0.1, 0.15) is 22.4 Å². The molecule has 0 atom stereocenters. The molecule has 0 radical (unpaired) electrons. The van der Waals surface area contributed by atoms with Gasteiger partial charge < -0.3 is 15.4 Å². The molecule has 0 aliphatic carbocycles. The quantitative estimate of drug-likeness (QED) is 0.750. The third-order valence-corrected chi connectivity index (χ3v) is 2.93. The van der Waals surface area contributed by atoms with Gasteiger partial charge in [0, 0.05) is 13.1 Å². The largest absolute Gasteiger partial charge is 0.469 e. The van der Waals surface area contributed by atoms with E-state index in [-0.39, 0.29) is 5.97 Å². The van der Waals surface area contributed by atoms with E-state index in [1.807, 2.05) is 0 Å². The molecule has 0 saturated heterocycles. The van der Waals surface area contributed by atoms with Crippen molar-refractivity contribution >= 4 is 33.5 Å². The lowest BCUT2D eigenvalue weighted by Crippen LogP contribution is -2.12. The number of esters is 1. The number of aromatic nitrogens is 2. The first-order valence-corrected chi connectivity index (χ1v) is 6.53. The van der Waals surface area contributed by atoms with E-state index >= 15 is 0 Å². The zero-order chi connectivity index (χ0) is 13.4. The first-order chi connectivity index (χ1) is 8.69. The van der Waals surface area contributed by atoms with Crippen LogP contribution in [0.1, 0.15) is 19.8 Å². The monoisotopic (exact) mass is 316 g/mol. The fraction of sp³-hybridized carbons (Fsp3) is 0.545. The van der Waals surface area contributed by atoms with Crippen LogP contribution >= 0.6 is 15.9 Å². The lowest BCUT2D eigenvalue weighted by Gasteiger charge is -2.10. The van der Waals surface area contributed by atoms with Crippen LogP contribution in [-0.4, -0.2) is 36.1 Å². The predicted octanol–water partition coefficient (Wildman–Crippen LogP) is 2.04. The number of nitrogens with zero attached hydrogens (tertiary/aromatic N) is 2. The Morgan fingerprint density at radius 3 is 2.50 bits per heavy atom. The lowest BCUT2D eigenvalue weighted by atomic mass is 10.4. The molecule has 18 heavy (non-hydrogen) atoms. The Morgan fingerprint density at radius 1 is 1.33 bits per heavy atom. The van der Waals surface area contributed by atoms with Gasteiger partial charge in [-0.1, -0.05) is 6.92 Å². The van der Waals surface area contributed by atoms with Crippen LogP contribution in [0.4, 0.5) is 11.6 Å². The van der Waals surface area contributed by atoms with Gasteiger partial charge in [0.15, 0.2) is 0 Å². The molecule has 7 heteroatoms. The molecule has 0 aromatic carbocycles. The smallest absolute Gasteiger partial charge is 0.307 e. The molecule has 6 nitrogen and oxygen atoms in total. The molecule has 1 rings (SSSR count). The van der Waals surface area contributed by atoms with Gasteiger partial charge in [-0.3, -0.25) is 4.79 Å². The molecular weight excluding hydrogens is 300 g/mol. The number of ether oxygens (including phenoxy) is 1. The number of halogens is 1. The second-order valence-corrected chi connectivity index (χ2v) is 4.36. The van der Waals surface area contributed by atoms with Crippen molar-refractivity contribution in [1.29, 1.82) is 0 Å². The van der Waals surface area contributed by atoms with Crippen LogP contribution in [0.15, 0.2) is 10.8 Å². The minimum Gasteiger partial charge on any atom is -0.469 e. The van der Waals surface area contributed by atoms with Gasteiger partial charge in [0.2, 0.25) is 0 Å². The van der Waals surface area contributed by atoms with Gasteiger partial charge in [-0.2, -0.15) is 0 Å². The van der Waals surface area contributed by atoms with Crippen LogP contribution in [0, 0.1) is 0 Å². The summed E-state index contributed by atoms with van der Waals surface area (Å²) in [5.41, 5.74) is 0. The van der Waals surface area contributed by atoms with Crippen molar-refractivity contribution in [3.05, 3.63) is 10.8 Å². The topological polar surface area (TPSA) is 76.1 Å². The summed E-state index contributed by atoms with van der Waals surface area (Å²) in [5.74, 6) is 1.15. The fourth-order valence-corrected chi connectivity index (χ4v) is 1.73. The number of nitrogens with one attached hydrogen (secondary N) is 2. The maximum Gasteiger partial charge on any atom is 0.307 e. The van der Waals surface area contributed by atoms with E-state index in [0.717, 1.165) is 23.3 Å². The van der Waals surface area contributed by atoms with Gasteiger partial charge in [-0.15, -0.1) is 0 Å². The van der Waals surface area contributed by atoms with Crippen LogP contribution in [0.5, 0.6) is 0 Å². The van der Waals surface area contributed by atoms with Crippen molar-refractivity contribution in [2.45, 2.75) is 19.8 Å². The summed E-state index contributed by atoms with van der Waals surface area (Å²) in [6, 6.07) is 0. The van der Waals surface area contributed by atoms with E-state index in [2.05, 4.69) is 48.2 Å². The number of rotatable bonds is 7. The highest BCUT2D eigenvalue weighted by molar-refractivity contribution is 9.10. The van der Waals surface area contributed by atoms with Crippen molar-refractivity contribution in [2.75, 3.05) is 30.8 Å². The highest BCUT2D eigenvalue weighted by atomic mass is 79.9. The Balaban J connectivity index is 2.57. The number of carbonyl (C=O) groups is 1. The standard InChI is InChI=1S/C11H17BrN4O2/c1-3-5-13-10-9(12)11(16-7-15-10)14-6-4-8(17)18-2/h7H,3-6H2,1-2H3,(H2,13,14,15,16). The molecule has 100 valence electrons. The van der Waals surface area contributed by atoms with Crippen molar-refractivity contribution < 1.29 is 9.53 Å². The van der Waals surface area contributed by atoms with E-state index in [1.165, 1.54) is 13.4 Å². The Bertz CT molecular complexity index is 401. The Morgan fingerprint density at radius 2 is 1.94 bits per heavy atom. The van der Waals surface area contributed by atoms with Crippen molar-refractivity contribution in [3.8, 4) is 0 Å². The average molecular weight is 317 g/mol. The second-order valence-electron chi connectivity index (χ2n) is 3.56. The molecular formula is C11H17BrN4O2. The molecule has 1 aromatic heterocycles. The van der Waals surface area contributed by atoms with Crippen LogP contribution in [0.25, 0.3) is 0 Å². The SMILES string of the molecule is CCCNc1ncnc(NCCC(=O)OC)c1Br. The average Bonchev–Trinajstić information content (AvgIpc) is 2.39. The van der Waals surface area contributed by atoms with Crippen LogP contribution in [-0.2, 0) is 9.53 Å². The van der Waals surface area contributed by atoms with E-state index in [1.54, 1.807) is 0 Å². The summed E-state index contributed by atoms with van der Waals surface area (Å²) in [6.07, 6.45) is 2.79. The van der Waals surface area contributed by atoms with Crippen molar-refractivity contribution in [1.82, 2.24) is 9.97 Å². The molecule has 0 unspecified atom stereocenters. The molecule has 1 aromatic rings. The fourth-order valence-electron chi connectivity index (χ4n) is 1.24. The Hall–Kier alpha value is -1.37. The first kappa shape index (κ1) is 14.7. The molecule has 0 saturated carbocycles. The van der Waals surface area contributed by atoms with Gasteiger partial charge in [0.05, 0.1) is 13.5 Å². The van der Waals surface area contributed by atoms with E-state index in [9.17, 15) is 4.79 Å². The predicted molar refractivity (Wildman–Crippen MR) is 73.6 cm³/mol. The molecule has 0 aliphatic rings. The number of anilines is 2. The molecule has 0 spiro atoms. The highest BCUT2D eigenvalue weighted by Crippen LogP contribution is 2.26. The van der Waals surface area contributed by atoms with Crippen LogP contribution < -0.4 is 10.6 Å². The van der Waals surface area contributed by atoms with E-state index in [4.69, 9.17) is 0 Å². The molecule has 1 heterocycles. The van der Waals surface area contributed by atoms with E-state index < -0.39 is 0 Å². The third kappa shape index (κ3) is 4.48. The van der Waals surface area contributed by atoms with Crippen LogP contribution in [0.3, 0.4) is 0 Å². The van der Waals surface area contributed by atoms with Gasteiger partial charge >= 0.3 is 5.97 Å². The minimum absolute atomic E-state index is 0.253. The van der Waals surface area contributed by atoms with Crippen LogP contribution in [0.2, 0.25) is 0 Å². The normalized spacial score (nSPS) is 9.94. The molecule has 2 N–H and O–H groups in total. The zero-order valence-electron chi connectivity index (χ0n) is 10.5. The summed E-state index contributed by atoms with van der Waals surface area (Å²) in [6.45, 7) is 3.39. The minimum atomic E-state index is -0.253. The van der Waals surface area contributed by atoms with Crippen molar-refractivity contribution in [3.63, 3.8) is 0 Å². The number of carbonyl (C=O) groups excluding carboxylic acids is 1. The maximum absolute atomic E-state index is 11.0. The lowest BCUT2D eigenvalue weighted by molar-refractivity contribution is -0.140. The number of hydrogen-bond donors (Lipinski definition) is 2. The summed E-state index contributed by atoms with van der Waals surface area (Å²) in [5, 5.41) is 6.24. The highest BCUT2D eigenvalue weighted by Gasteiger charge is 2.08. The molecule has 0 aliphatic heterocycles. The second kappa shape index (κ2) is 7.86. The molecule has 0 amide bonds.